The molecule has 0 bridgehead atoms. The summed E-state index contributed by atoms with van der Waals surface area (Å²) in [6, 6.07) is 2.81. The van der Waals surface area contributed by atoms with Crippen LogP contribution in [0.25, 0.3) is 0 Å². The third kappa shape index (κ3) is 7.62. The van der Waals surface area contributed by atoms with E-state index >= 15 is 0 Å². The Bertz CT molecular complexity index is 640. The van der Waals surface area contributed by atoms with E-state index in [1.807, 2.05) is 6.92 Å². The van der Waals surface area contributed by atoms with Crippen LogP contribution in [0.15, 0.2) is 18.2 Å². The highest BCUT2D eigenvalue weighted by Crippen LogP contribution is 2.35. The number of carbonyl (C=O) groups excluding carboxylic acids is 2. The molecule has 0 aliphatic rings. The Morgan fingerprint density at radius 1 is 1.15 bits per heavy atom. The second-order valence-electron chi connectivity index (χ2n) is 6.46. The van der Waals surface area contributed by atoms with Gasteiger partial charge in [0.2, 0.25) is 5.91 Å². The molecule has 0 heterocycles. The van der Waals surface area contributed by atoms with Gasteiger partial charge in [0.25, 0.3) is 0 Å². The first-order chi connectivity index (χ1) is 11.9. The fraction of sp³-hybridized carbons (Fsp3) is 0.529. The number of hydrogen-bond acceptors (Lipinski definition) is 4. The lowest BCUT2D eigenvalue weighted by molar-refractivity contribution is -0.137. The highest BCUT2D eigenvalue weighted by atomic mass is 19.4. The molecule has 146 valence electrons. The smallest absolute Gasteiger partial charge is 0.416 e. The van der Waals surface area contributed by atoms with Gasteiger partial charge in [0.1, 0.15) is 17.9 Å². The summed E-state index contributed by atoms with van der Waals surface area (Å²) in [6.45, 7) is 6.64. The van der Waals surface area contributed by atoms with E-state index in [0.717, 1.165) is 18.2 Å². The standard InChI is InChI=1S/C17H23F3N2O4/c1-5-8-25-13-7-6-11(17(18,19)20)9-12(13)22-14(23)10-21-15(24)26-16(2,3)4/h6-7,9H,5,8,10H2,1-4H3,(H,21,24)(H,22,23). The molecular weight excluding hydrogens is 353 g/mol. The first-order valence-electron chi connectivity index (χ1n) is 8.03. The molecule has 0 fully saturated rings. The van der Waals surface area contributed by atoms with Crippen molar-refractivity contribution in [1.29, 1.82) is 0 Å². The van der Waals surface area contributed by atoms with Gasteiger partial charge in [0.05, 0.1) is 17.9 Å². The van der Waals surface area contributed by atoms with Crippen molar-refractivity contribution in [2.45, 2.75) is 45.9 Å². The zero-order valence-electron chi connectivity index (χ0n) is 15.1. The van der Waals surface area contributed by atoms with Gasteiger partial charge in [-0.15, -0.1) is 0 Å². The van der Waals surface area contributed by atoms with Gasteiger partial charge in [-0.05, 0) is 45.4 Å². The number of benzene rings is 1. The SMILES string of the molecule is CCCOc1ccc(C(F)(F)F)cc1NC(=O)CNC(=O)OC(C)(C)C. The minimum Gasteiger partial charge on any atom is -0.491 e. The van der Waals surface area contributed by atoms with Gasteiger partial charge in [-0.1, -0.05) is 6.92 Å². The quantitative estimate of drug-likeness (QED) is 0.788. The number of carbonyl (C=O) groups is 2. The monoisotopic (exact) mass is 376 g/mol. The Balaban J connectivity index is 2.81. The zero-order chi connectivity index (χ0) is 20.0. The molecule has 0 radical (unpaired) electrons. The minimum atomic E-state index is -4.56. The van der Waals surface area contributed by atoms with Crippen LogP contribution >= 0.6 is 0 Å². The summed E-state index contributed by atoms with van der Waals surface area (Å²) >= 11 is 0. The molecule has 0 spiro atoms. The minimum absolute atomic E-state index is 0.116. The maximum absolute atomic E-state index is 12.9. The van der Waals surface area contributed by atoms with Crippen molar-refractivity contribution in [3.05, 3.63) is 23.8 Å². The molecule has 9 heteroatoms. The molecule has 0 saturated heterocycles. The van der Waals surface area contributed by atoms with Crippen LogP contribution in [0.3, 0.4) is 0 Å². The number of nitrogens with one attached hydrogen (secondary N) is 2. The summed E-state index contributed by atoms with van der Waals surface area (Å²) in [5.74, 6) is -0.595. The predicted molar refractivity (Wildman–Crippen MR) is 90.1 cm³/mol. The molecule has 0 unspecified atom stereocenters. The highest BCUT2D eigenvalue weighted by molar-refractivity contribution is 5.95. The van der Waals surface area contributed by atoms with Crippen molar-refractivity contribution < 1.29 is 32.2 Å². The largest absolute Gasteiger partial charge is 0.491 e. The van der Waals surface area contributed by atoms with E-state index in [0.29, 0.717) is 6.42 Å². The summed E-state index contributed by atoms with van der Waals surface area (Å²) in [6.07, 6.45) is -4.72. The maximum Gasteiger partial charge on any atom is 0.416 e. The van der Waals surface area contributed by atoms with Crippen LogP contribution in [-0.4, -0.2) is 30.8 Å². The number of rotatable bonds is 6. The normalized spacial score (nSPS) is 11.7. The fourth-order valence-electron chi connectivity index (χ4n) is 1.80. The topological polar surface area (TPSA) is 76.7 Å². The fourth-order valence-corrected chi connectivity index (χ4v) is 1.80. The third-order valence-electron chi connectivity index (χ3n) is 2.83. The Morgan fingerprint density at radius 3 is 2.35 bits per heavy atom. The molecule has 2 amide bonds. The number of amides is 2. The molecule has 0 atom stereocenters. The Morgan fingerprint density at radius 2 is 1.81 bits per heavy atom. The first kappa shape index (κ1) is 21.6. The molecule has 0 aliphatic heterocycles. The number of anilines is 1. The summed E-state index contributed by atoms with van der Waals surface area (Å²) in [5.41, 5.74) is -1.77. The molecule has 1 aromatic rings. The van der Waals surface area contributed by atoms with Crippen LogP contribution in [0.2, 0.25) is 0 Å². The predicted octanol–water partition coefficient (Wildman–Crippen LogP) is 3.96. The average Bonchev–Trinajstić information content (AvgIpc) is 2.49. The Hall–Kier alpha value is -2.45. The maximum atomic E-state index is 12.9. The molecule has 0 aromatic heterocycles. The molecule has 0 saturated carbocycles. The lowest BCUT2D eigenvalue weighted by atomic mass is 10.1. The van der Waals surface area contributed by atoms with Gasteiger partial charge in [-0.25, -0.2) is 4.79 Å². The molecule has 2 N–H and O–H groups in total. The van der Waals surface area contributed by atoms with Crippen LogP contribution < -0.4 is 15.4 Å². The van der Waals surface area contributed by atoms with Crippen molar-refractivity contribution in [3.8, 4) is 5.75 Å². The van der Waals surface area contributed by atoms with Crippen LogP contribution in [0, 0.1) is 0 Å². The van der Waals surface area contributed by atoms with Gasteiger partial charge in [0.15, 0.2) is 0 Å². The molecule has 6 nitrogen and oxygen atoms in total. The van der Waals surface area contributed by atoms with Crippen molar-refractivity contribution in [3.63, 3.8) is 0 Å². The number of halogens is 3. The lowest BCUT2D eigenvalue weighted by Gasteiger charge is -2.19. The van der Waals surface area contributed by atoms with Crippen molar-refractivity contribution >= 4 is 17.7 Å². The summed E-state index contributed by atoms with van der Waals surface area (Å²) in [5, 5.41) is 4.55. The van der Waals surface area contributed by atoms with E-state index in [1.165, 1.54) is 0 Å². The number of hydrogen-bond donors (Lipinski definition) is 2. The van der Waals surface area contributed by atoms with Crippen molar-refractivity contribution in [2.75, 3.05) is 18.5 Å². The zero-order valence-corrected chi connectivity index (χ0v) is 15.1. The summed E-state index contributed by atoms with van der Waals surface area (Å²) in [7, 11) is 0. The molecule has 26 heavy (non-hydrogen) atoms. The van der Waals surface area contributed by atoms with Gasteiger partial charge >= 0.3 is 12.3 Å². The van der Waals surface area contributed by atoms with E-state index < -0.39 is 35.9 Å². The van der Waals surface area contributed by atoms with E-state index in [-0.39, 0.29) is 18.0 Å². The van der Waals surface area contributed by atoms with Crippen molar-refractivity contribution in [1.82, 2.24) is 5.32 Å². The molecular formula is C17H23F3N2O4. The Labute approximate surface area is 150 Å². The van der Waals surface area contributed by atoms with E-state index in [2.05, 4.69) is 10.6 Å². The van der Waals surface area contributed by atoms with Crippen LogP contribution in [0.5, 0.6) is 5.75 Å². The summed E-state index contributed by atoms with van der Waals surface area (Å²) in [4.78, 5) is 23.5. The van der Waals surface area contributed by atoms with Gasteiger partial charge in [0, 0.05) is 0 Å². The van der Waals surface area contributed by atoms with E-state index in [4.69, 9.17) is 9.47 Å². The number of ether oxygens (including phenoxy) is 2. The third-order valence-corrected chi connectivity index (χ3v) is 2.83. The van der Waals surface area contributed by atoms with Crippen LogP contribution in [0.4, 0.5) is 23.7 Å². The molecule has 0 aliphatic carbocycles. The Kier molecular flexibility index (Phi) is 7.29. The van der Waals surface area contributed by atoms with Gasteiger partial charge < -0.3 is 20.1 Å². The van der Waals surface area contributed by atoms with E-state index in [1.54, 1.807) is 20.8 Å². The number of alkyl halides is 3. The highest BCUT2D eigenvalue weighted by Gasteiger charge is 2.31. The van der Waals surface area contributed by atoms with Crippen LogP contribution in [0.1, 0.15) is 39.7 Å². The molecule has 1 rings (SSSR count). The number of alkyl carbamates (subject to hydrolysis) is 1. The second kappa shape index (κ2) is 8.77. The second-order valence-corrected chi connectivity index (χ2v) is 6.46. The van der Waals surface area contributed by atoms with Gasteiger partial charge in [-0.2, -0.15) is 13.2 Å². The average molecular weight is 376 g/mol. The van der Waals surface area contributed by atoms with Crippen LogP contribution in [-0.2, 0) is 15.7 Å². The summed E-state index contributed by atoms with van der Waals surface area (Å²) < 4.78 is 48.9. The van der Waals surface area contributed by atoms with E-state index in [9.17, 15) is 22.8 Å². The van der Waals surface area contributed by atoms with Gasteiger partial charge in [-0.3, -0.25) is 4.79 Å². The first-order valence-corrected chi connectivity index (χ1v) is 8.03. The van der Waals surface area contributed by atoms with Crippen molar-refractivity contribution in [2.24, 2.45) is 0 Å². The lowest BCUT2D eigenvalue weighted by Crippen LogP contribution is -2.37. The molecule has 1 aromatic carbocycles.